The number of amides is 1. The van der Waals surface area contributed by atoms with Gasteiger partial charge in [-0.05, 0) is 48.9 Å². The third kappa shape index (κ3) is 7.42. The molecular weight excluding hydrogens is 483 g/mol. The van der Waals surface area contributed by atoms with Crippen molar-refractivity contribution in [2.75, 3.05) is 24.8 Å². The van der Waals surface area contributed by atoms with Crippen molar-refractivity contribution in [1.29, 1.82) is 0 Å². The van der Waals surface area contributed by atoms with Crippen molar-refractivity contribution in [2.45, 2.75) is 24.5 Å². The zero-order valence-corrected chi connectivity index (χ0v) is 20.4. The van der Waals surface area contributed by atoms with Gasteiger partial charge in [-0.1, -0.05) is 41.0 Å². The molecule has 0 spiro atoms. The fraction of sp³-hybridized carbons (Fsp3) is 0.261. The number of ether oxygens (including phenoxy) is 2. The number of aromatic nitrogens is 3. The van der Waals surface area contributed by atoms with Gasteiger partial charge in [0, 0.05) is 23.7 Å². The standard InChI is InChI=1S/C23H24Cl2N4O3S/c1-3-12-29-21(5-4-13-32-20-11-6-16(24)14-19(20)25)27-28-23(29)33-15-22(30)26-17-7-9-18(31-2)10-8-17/h3,6-11,14H,1,4-5,12-13,15H2,2H3,(H,26,30). The minimum atomic E-state index is -0.131. The molecule has 3 rings (SSSR count). The van der Waals surface area contributed by atoms with Gasteiger partial charge in [-0.2, -0.15) is 0 Å². The number of allylic oxidation sites excluding steroid dienone is 1. The number of nitrogens with zero attached hydrogens (tertiary/aromatic N) is 3. The van der Waals surface area contributed by atoms with Gasteiger partial charge in [0.25, 0.3) is 0 Å². The molecule has 174 valence electrons. The van der Waals surface area contributed by atoms with Gasteiger partial charge in [-0.15, -0.1) is 16.8 Å². The summed E-state index contributed by atoms with van der Waals surface area (Å²) in [5, 5.41) is 13.1. The number of carbonyl (C=O) groups is 1. The molecule has 0 atom stereocenters. The topological polar surface area (TPSA) is 78.3 Å². The first kappa shape index (κ1) is 25.0. The summed E-state index contributed by atoms with van der Waals surface area (Å²) in [6.45, 7) is 4.83. The van der Waals surface area contributed by atoms with Gasteiger partial charge in [0.1, 0.15) is 17.3 Å². The van der Waals surface area contributed by atoms with E-state index in [0.717, 1.165) is 18.0 Å². The van der Waals surface area contributed by atoms with Crippen molar-refractivity contribution < 1.29 is 14.3 Å². The summed E-state index contributed by atoms with van der Waals surface area (Å²) in [6, 6.07) is 12.3. The Hall–Kier alpha value is -2.68. The van der Waals surface area contributed by atoms with E-state index in [2.05, 4.69) is 22.1 Å². The van der Waals surface area contributed by atoms with Crippen LogP contribution in [0.3, 0.4) is 0 Å². The number of hydrogen-bond donors (Lipinski definition) is 1. The molecule has 2 aromatic carbocycles. The molecule has 0 saturated carbocycles. The summed E-state index contributed by atoms with van der Waals surface area (Å²) in [5.41, 5.74) is 0.704. The number of rotatable bonds is 12. The number of benzene rings is 2. The van der Waals surface area contributed by atoms with Crippen molar-refractivity contribution in [3.05, 3.63) is 71.0 Å². The van der Waals surface area contributed by atoms with Crippen LogP contribution in [0.1, 0.15) is 12.2 Å². The van der Waals surface area contributed by atoms with Gasteiger partial charge >= 0.3 is 0 Å². The average molecular weight is 507 g/mol. The lowest BCUT2D eigenvalue weighted by Gasteiger charge is -2.10. The minimum absolute atomic E-state index is 0.131. The lowest BCUT2D eigenvalue weighted by atomic mass is 10.3. The number of halogens is 2. The largest absolute Gasteiger partial charge is 0.497 e. The second kappa shape index (κ2) is 12.5. The molecule has 0 radical (unpaired) electrons. The Labute approximate surface area is 207 Å². The summed E-state index contributed by atoms with van der Waals surface area (Å²) in [4.78, 5) is 12.3. The molecule has 0 aliphatic rings. The van der Waals surface area contributed by atoms with Crippen LogP contribution in [0.5, 0.6) is 11.5 Å². The average Bonchev–Trinajstić information content (AvgIpc) is 3.18. The van der Waals surface area contributed by atoms with Gasteiger partial charge in [0.05, 0.1) is 24.5 Å². The van der Waals surface area contributed by atoms with Gasteiger partial charge in [0.2, 0.25) is 5.91 Å². The minimum Gasteiger partial charge on any atom is -0.497 e. The van der Waals surface area contributed by atoms with Crippen molar-refractivity contribution >= 4 is 46.6 Å². The number of carbonyl (C=O) groups excluding carboxylic acids is 1. The molecule has 0 aliphatic carbocycles. The van der Waals surface area contributed by atoms with Crippen LogP contribution in [0, 0.1) is 0 Å². The van der Waals surface area contributed by atoms with Crippen molar-refractivity contribution in [1.82, 2.24) is 14.8 Å². The van der Waals surface area contributed by atoms with Crippen LogP contribution >= 0.6 is 35.0 Å². The number of aryl methyl sites for hydroxylation is 1. The molecule has 1 aromatic heterocycles. The fourth-order valence-electron chi connectivity index (χ4n) is 2.93. The zero-order valence-electron chi connectivity index (χ0n) is 18.1. The first-order valence-electron chi connectivity index (χ1n) is 10.2. The molecule has 0 bridgehead atoms. The highest BCUT2D eigenvalue weighted by atomic mass is 35.5. The fourth-order valence-corrected chi connectivity index (χ4v) is 4.16. The third-order valence-corrected chi connectivity index (χ3v) is 6.00. The van der Waals surface area contributed by atoms with Gasteiger partial charge in [-0.25, -0.2) is 0 Å². The molecule has 0 aliphatic heterocycles. The van der Waals surface area contributed by atoms with Crippen LogP contribution in [0.25, 0.3) is 0 Å². The molecule has 1 amide bonds. The molecule has 0 saturated heterocycles. The van der Waals surface area contributed by atoms with Crippen LogP contribution in [-0.2, 0) is 17.8 Å². The Balaban J connectivity index is 1.51. The quantitative estimate of drug-likeness (QED) is 0.198. The number of methoxy groups -OCH3 is 1. The van der Waals surface area contributed by atoms with E-state index in [0.29, 0.717) is 46.2 Å². The number of anilines is 1. The van der Waals surface area contributed by atoms with Crippen molar-refractivity contribution in [2.24, 2.45) is 0 Å². The summed E-state index contributed by atoms with van der Waals surface area (Å²) in [7, 11) is 1.60. The highest BCUT2D eigenvalue weighted by Crippen LogP contribution is 2.27. The Bertz CT molecular complexity index is 1090. The van der Waals surface area contributed by atoms with Crippen LogP contribution in [0.4, 0.5) is 5.69 Å². The van der Waals surface area contributed by atoms with Crippen molar-refractivity contribution in [3.63, 3.8) is 0 Å². The molecule has 1 heterocycles. The smallest absolute Gasteiger partial charge is 0.234 e. The molecule has 0 unspecified atom stereocenters. The van der Waals surface area contributed by atoms with Gasteiger partial charge in [-0.3, -0.25) is 4.79 Å². The maximum absolute atomic E-state index is 12.3. The number of thioether (sulfide) groups is 1. The Morgan fingerprint density at radius 1 is 1.21 bits per heavy atom. The Morgan fingerprint density at radius 3 is 2.70 bits per heavy atom. The first-order chi connectivity index (χ1) is 16.0. The van der Waals surface area contributed by atoms with Crippen LogP contribution in [-0.4, -0.2) is 40.1 Å². The summed E-state index contributed by atoms with van der Waals surface area (Å²) >= 11 is 13.4. The predicted molar refractivity (Wildman–Crippen MR) is 133 cm³/mol. The molecule has 1 N–H and O–H groups in total. The van der Waals surface area contributed by atoms with Crippen LogP contribution in [0.15, 0.2) is 60.3 Å². The number of hydrogen-bond acceptors (Lipinski definition) is 6. The van der Waals surface area contributed by atoms with E-state index < -0.39 is 0 Å². The first-order valence-corrected chi connectivity index (χ1v) is 11.9. The summed E-state index contributed by atoms with van der Waals surface area (Å²) in [6.07, 6.45) is 3.15. The molecule has 7 nitrogen and oxygen atoms in total. The lowest BCUT2D eigenvalue weighted by Crippen LogP contribution is -2.14. The molecule has 33 heavy (non-hydrogen) atoms. The molecular formula is C23H24Cl2N4O3S. The maximum atomic E-state index is 12.3. The Kier molecular flexibility index (Phi) is 9.47. The normalized spacial score (nSPS) is 10.6. The van der Waals surface area contributed by atoms with Gasteiger partial charge < -0.3 is 19.4 Å². The van der Waals surface area contributed by atoms with Gasteiger partial charge in [0.15, 0.2) is 5.16 Å². The highest BCUT2D eigenvalue weighted by molar-refractivity contribution is 7.99. The van der Waals surface area contributed by atoms with E-state index in [-0.39, 0.29) is 11.7 Å². The third-order valence-electron chi connectivity index (χ3n) is 4.51. The predicted octanol–water partition coefficient (Wildman–Crippen LogP) is 5.52. The maximum Gasteiger partial charge on any atom is 0.234 e. The summed E-state index contributed by atoms with van der Waals surface area (Å²) in [5.74, 6) is 2.20. The van der Waals surface area contributed by atoms with E-state index >= 15 is 0 Å². The highest BCUT2D eigenvalue weighted by Gasteiger charge is 2.14. The van der Waals surface area contributed by atoms with E-state index in [1.54, 1.807) is 55.7 Å². The van der Waals surface area contributed by atoms with E-state index in [4.69, 9.17) is 32.7 Å². The zero-order chi connectivity index (χ0) is 23.6. The van der Waals surface area contributed by atoms with E-state index in [1.807, 2.05) is 4.57 Å². The molecule has 3 aromatic rings. The lowest BCUT2D eigenvalue weighted by molar-refractivity contribution is -0.113. The van der Waals surface area contributed by atoms with Crippen LogP contribution in [0.2, 0.25) is 10.0 Å². The SMILES string of the molecule is C=CCn1c(CCCOc2ccc(Cl)cc2Cl)nnc1SCC(=O)Nc1ccc(OC)cc1. The second-order valence-corrected chi connectivity index (χ2v) is 8.68. The number of nitrogens with one attached hydrogen (secondary N) is 1. The van der Waals surface area contributed by atoms with E-state index in [1.165, 1.54) is 11.8 Å². The Morgan fingerprint density at radius 2 is 2.00 bits per heavy atom. The second-order valence-electron chi connectivity index (χ2n) is 6.89. The molecule has 0 fully saturated rings. The molecule has 10 heteroatoms. The monoisotopic (exact) mass is 506 g/mol. The summed E-state index contributed by atoms with van der Waals surface area (Å²) < 4.78 is 12.8. The van der Waals surface area contributed by atoms with Crippen molar-refractivity contribution in [3.8, 4) is 11.5 Å². The van der Waals surface area contributed by atoms with E-state index in [9.17, 15) is 4.79 Å². The van der Waals surface area contributed by atoms with Crippen LogP contribution < -0.4 is 14.8 Å².